The Labute approximate surface area is 136 Å². The van der Waals surface area contributed by atoms with Gasteiger partial charge in [0.2, 0.25) is 0 Å². The number of hydrogen-bond donors (Lipinski definition) is 1. The van der Waals surface area contributed by atoms with E-state index in [-0.39, 0.29) is 5.91 Å². The number of aromatic nitrogens is 1. The Kier molecular flexibility index (Phi) is 5.36. The molecule has 1 aromatic carbocycles. The van der Waals surface area contributed by atoms with Crippen molar-refractivity contribution in [2.75, 3.05) is 11.9 Å². The molecule has 0 spiro atoms. The maximum atomic E-state index is 12.3. The number of halogens is 1. The maximum absolute atomic E-state index is 12.3. The van der Waals surface area contributed by atoms with E-state index < -0.39 is 0 Å². The molecule has 4 nitrogen and oxygen atoms in total. The van der Waals surface area contributed by atoms with Gasteiger partial charge in [0.05, 0.1) is 17.3 Å². The van der Waals surface area contributed by atoms with Crippen LogP contribution in [0.5, 0.6) is 5.75 Å². The molecule has 0 aliphatic rings. The number of benzene rings is 1. The van der Waals surface area contributed by atoms with Crippen molar-refractivity contribution in [2.24, 2.45) is 0 Å². The molecule has 2 rings (SSSR count). The lowest BCUT2D eigenvalue weighted by molar-refractivity contribution is 0.103. The van der Waals surface area contributed by atoms with Crippen molar-refractivity contribution in [3.63, 3.8) is 0 Å². The Morgan fingerprint density at radius 3 is 2.76 bits per heavy atom. The summed E-state index contributed by atoms with van der Waals surface area (Å²) in [7, 11) is 0. The van der Waals surface area contributed by atoms with Crippen LogP contribution >= 0.6 is 27.3 Å². The van der Waals surface area contributed by atoms with Gasteiger partial charge in [-0.1, -0.05) is 15.9 Å². The van der Waals surface area contributed by atoms with Gasteiger partial charge >= 0.3 is 0 Å². The van der Waals surface area contributed by atoms with Gasteiger partial charge in [-0.05, 0) is 39.0 Å². The summed E-state index contributed by atoms with van der Waals surface area (Å²) in [4.78, 5) is 17.2. The molecule has 21 heavy (non-hydrogen) atoms. The van der Waals surface area contributed by atoms with Gasteiger partial charge in [0.1, 0.15) is 10.6 Å². The number of nitrogens with one attached hydrogen (secondary N) is 1. The second kappa shape index (κ2) is 7.04. The molecule has 6 heteroatoms. The van der Waals surface area contributed by atoms with Crippen LogP contribution in [0.25, 0.3) is 0 Å². The summed E-state index contributed by atoms with van der Waals surface area (Å²) in [6.07, 6.45) is 0. The van der Waals surface area contributed by atoms with E-state index in [1.54, 1.807) is 0 Å². The molecule has 1 N–H and O–H groups in total. The van der Waals surface area contributed by atoms with Crippen LogP contribution in [0.1, 0.15) is 32.9 Å². The van der Waals surface area contributed by atoms with Gasteiger partial charge in [-0.15, -0.1) is 11.3 Å². The van der Waals surface area contributed by atoms with Crippen LogP contribution in [0.2, 0.25) is 0 Å². The lowest BCUT2D eigenvalue weighted by atomic mass is 10.2. The van der Waals surface area contributed by atoms with Gasteiger partial charge in [0, 0.05) is 16.6 Å². The maximum Gasteiger partial charge on any atom is 0.267 e. The third kappa shape index (κ3) is 3.83. The van der Waals surface area contributed by atoms with E-state index >= 15 is 0 Å². The minimum atomic E-state index is -0.122. The zero-order chi connectivity index (χ0) is 15.4. The Bertz CT molecular complexity index is 655. The number of hydrogen-bond acceptors (Lipinski definition) is 4. The number of ether oxygens (including phenoxy) is 1. The quantitative estimate of drug-likeness (QED) is 0.800. The SMILES string of the molecule is CCOc1ccc(NC(=O)c2sc(C)nc2C)cc1CBr. The van der Waals surface area contributed by atoms with Gasteiger partial charge in [-0.3, -0.25) is 4.79 Å². The summed E-state index contributed by atoms with van der Waals surface area (Å²) in [5, 5.41) is 4.48. The van der Waals surface area contributed by atoms with Gasteiger partial charge in [0.15, 0.2) is 0 Å². The molecule has 0 bridgehead atoms. The van der Waals surface area contributed by atoms with E-state index in [1.165, 1.54) is 11.3 Å². The number of nitrogens with zero attached hydrogens (tertiary/aromatic N) is 1. The van der Waals surface area contributed by atoms with Crippen LogP contribution in [0.4, 0.5) is 5.69 Å². The molecular formula is C15H17BrN2O2S. The van der Waals surface area contributed by atoms with E-state index in [1.807, 2.05) is 39.0 Å². The molecule has 1 aromatic heterocycles. The highest BCUT2D eigenvalue weighted by Crippen LogP contribution is 2.26. The highest BCUT2D eigenvalue weighted by Gasteiger charge is 2.14. The second-order valence-electron chi connectivity index (χ2n) is 4.49. The number of aryl methyl sites for hydroxylation is 2. The summed E-state index contributed by atoms with van der Waals surface area (Å²) >= 11 is 4.84. The standard InChI is InChI=1S/C15H17BrN2O2S/c1-4-20-13-6-5-12(7-11(13)8-16)18-15(19)14-9(2)17-10(3)21-14/h5-7H,4,8H2,1-3H3,(H,18,19). The molecule has 0 radical (unpaired) electrons. The van der Waals surface area contributed by atoms with E-state index in [0.717, 1.165) is 27.7 Å². The molecule has 0 unspecified atom stereocenters. The van der Waals surface area contributed by atoms with Crippen molar-refractivity contribution in [2.45, 2.75) is 26.1 Å². The third-order valence-electron chi connectivity index (χ3n) is 2.87. The van der Waals surface area contributed by atoms with Gasteiger partial charge in [-0.25, -0.2) is 4.98 Å². The van der Waals surface area contributed by atoms with Crippen LogP contribution in [0.15, 0.2) is 18.2 Å². The topological polar surface area (TPSA) is 51.2 Å². The minimum Gasteiger partial charge on any atom is -0.494 e. The van der Waals surface area contributed by atoms with Crippen LogP contribution in [0, 0.1) is 13.8 Å². The average Bonchev–Trinajstić information content (AvgIpc) is 2.79. The molecular weight excluding hydrogens is 352 g/mol. The number of carbonyl (C=O) groups excluding carboxylic acids is 1. The predicted molar refractivity (Wildman–Crippen MR) is 89.8 cm³/mol. The fourth-order valence-electron chi connectivity index (χ4n) is 1.99. The van der Waals surface area contributed by atoms with Crippen LogP contribution in [-0.2, 0) is 5.33 Å². The molecule has 0 saturated heterocycles. The Hall–Kier alpha value is -1.40. The smallest absolute Gasteiger partial charge is 0.267 e. The van der Waals surface area contributed by atoms with Crippen molar-refractivity contribution in [3.05, 3.63) is 39.3 Å². The normalized spacial score (nSPS) is 10.5. The van der Waals surface area contributed by atoms with Crippen molar-refractivity contribution in [1.29, 1.82) is 0 Å². The number of alkyl halides is 1. The van der Waals surface area contributed by atoms with Crippen LogP contribution < -0.4 is 10.1 Å². The highest BCUT2D eigenvalue weighted by atomic mass is 79.9. The second-order valence-corrected chi connectivity index (χ2v) is 6.25. The first kappa shape index (κ1) is 16.0. The Morgan fingerprint density at radius 2 is 2.19 bits per heavy atom. The van der Waals surface area contributed by atoms with E-state index in [0.29, 0.717) is 16.8 Å². The van der Waals surface area contributed by atoms with E-state index in [9.17, 15) is 4.79 Å². The molecule has 0 atom stereocenters. The zero-order valence-corrected chi connectivity index (χ0v) is 14.6. The first-order valence-electron chi connectivity index (χ1n) is 6.62. The first-order valence-corrected chi connectivity index (χ1v) is 8.56. The van der Waals surface area contributed by atoms with Crippen molar-refractivity contribution >= 4 is 38.9 Å². The third-order valence-corrected chi connectivity index (χ3v) is 4.55. The first-order chi connectivity index (χ1) is 10.0. The molecule has 1 heterocycles. The molecule has 112 valence electrons. The fourth-order valence-corrected chi connectivity index (χ4v) is 3.24. The number of anilines is 1. The monoisotopic (exact) mass is 368 g/mol. The van der Waals surface area contributed by atoms with Crippen molar-refractivity contribution in [1.82, 2.24) is 4.98 Å². The van der Waals surface area contributed by atoms with Crippen molar-refractivity contribution in [3.8, 4) is 5.75 Å². The molecule has 0 aliphatic heterocycles. The summed E-state index contributed by atoms with van der Waals surface area (Å²) in [5.74, 6) is 0.708. The van der Waals surface area contributed by atoms with Crippen LogP contribution in [0.3, 0.4) is 0 Å². The summed E-state index contributed by atoms with van der Waals surface area (Å²) in [6, 6.07) is 5.64. The fraction of sp³-hybridized carbons (Fsp3) is 0.333. The Morgan fingerprint density at radius 1 is 1.43 bits per heavy atom. The lowest BCUT2D eigenvalue weighted by Crippen LogP contribution is -2.11. The number of thiazole rings is 1. The molecule has 1 amide bonds. The summed E-state index contributed by atoms with van der Waals surface area (Å²) < 4.78 is 5.54. The van der Waals surface area contributed by atoms with E-state index in [2.05, 4.69) is 26.2 Å². The van der Waals surface area contributed by atoms with Gasteiger partial charge < -0.3 is 10.1 Å². The zero-order valence-electron chi connectivity index (χ0n) is 12.2. The molecule has 0 fully saturated rings. The minimum absolute atomic E-state index is 0.122. The number of carbonyl (C=O) groups is 1. The molecule has 0 saturated carbocycles. The predicted octanol–water partition coefficient (Wildman–Crippen LogP) is 4.31. The largest absolute Gasteiger partial charge is 0.494 e. The summed E-state index contributed by atoms with van der Waals surface area (Å²) in [5.41, 5.74) is 2.52. The average molecular weight is 369 g/mol. The van der Waals surface area contributed by atoms with Gasteiger partial charge in [-0.2, -0.15) is 0 Å². The van der Waals surface area contributed by atoms with Gasteiger partial charge in [0.25, 0.3) is 5.91 Å². The summed E-state index contributed by atoms with van der Waals surface area (Å²) in [6.45, 7) is 6.31. The molecule has 0 aliphatic carbocycles. The molecule has 2 aromatic rings. The number of amides is 1. The lowest BCUT2D eigenvalue weighted by Gasteiger charge is -2.11. The van der Waals surface area contributed by atoms with Crippen molar-refractivity contribution < 1.29 is 9.53 Å². The number of rotatable bonds is 5. The Balaban J connectivity index is 2.19. The highest BCUT2D eigenvalue weighted by molar-refractivity contribution is 9.08. The van der Waals surface area contributed by atoms with E-state index in [4.69, 9.17) is 4.74 Å². The van der Waals surface area contributed by atoms with Crippen LogP contribution in [-0.4, -0.2) is 17.5 Å².